The molecule has 0 N–H and O–H groups in total. The lowest BCUT2D eigenvalue weighted by molar-refractivity contribution is -0.385. The van der Waals surface area contributed by atoms with Crippen LogP contribution in [0.25, 0.3) is 0 Å². The van der Waals surface area contributed by atoms with Gasteiger partial charge in [-0.15, -0.1) is 0 Å². The van der Waals surface area contributed by atoms with E-state index in [0.717, 1.165) is 25.9 Å². The van der Waals surface area contributed by atoms with Crippen LogP contribution in [-0.4, -0.2) is 60.5 Å². The average Bonchev–Trinajstić information content (AvgIpc) is 3.37. The molecule has 1 aromatic rings. The fourth-order valence-corrected chi connectivity index (χ4v) is 2.60. The lowest BCUT2D eigenvalue weighted by atomic mass is 10.1. The van der Waals surface area contributed by atoms with E-state index in [9.17, 15) is 14.9 Å². The number of likely N-dealkylation sites (N-methyl/N-ethyl adjacent to an activating group) is 1. The largest absolute Gasteiger partial charge is 0.487 e. The maximum Gasteiger partial charge on any atom is 0.310 e. The van der Waals surface area contributed by atoms with E-state index in [-0.39, 0.29) is 17.3 Å². The molecule has 2 fully saturated rings. The third kappa shape index (κ3) is 3.79. The third-order valence-corrected chi connectivity index (χ3v) is 4.37. The predicted octanol–water partition coefficient (Wildman–Crippen LogP) is 1.77. The molecule has 0 atom stereocenters. The number of nitro benzene ring substituents is 1. The number of carbonyl (C=O) groups is 1. The van der Waals surface area contributed by atoms with Gasteiger partial charge in [0.25, 0.3) is 5.91 Å². The van der Waals surface area contributed by atoms with Gasteiger partial charge in [0.15, 0.2) is 5.75 Å². The number of rotatable bonds is 5. The zero-order valence-electron chi connectivity index (χ0n) is 13.2. The highest BCUT2D eigenvalue weighted by Gasteiger charge is 2.26. The van der Waals surface area contributed by atoms with Gasteiger partial charge in [0.05, 0.1) is 11.5 Å². The van der Waals surface area contributed by atoms with Crippen LogP contribution in [0.15, 0.2) is 18.2 Å². The molecule has 23 heavy (non-hydrogen) atoms. The van der Waals surface area contributed by atoms with Crippen molar-refractivity contribution in [1.82, 2.24) is 9.80 Å². The summed E-state index contributed by atoms with van der Waals surface area (Å²) in [4.78, 5) is 27.2. The summed E-state index contributed by atoms with van der Waals surface area (Å²) < 4.78 is 5.60. The summed E-state index contributed by atoms with van der Waals surface area (Å²) in [5.74, 6) is 0.595. The molecule has 1 aliphatic carbocycles. The van der Waals surface area contributed by atoms with E-state index in [1.54, 1.807) is 4.90 Å². The molecule has 1 saturated carbocycles. The summed E-state index contributed by atoms with van der Waals surface area (Å²) in [6, 6.07) is 4.40. The van der Waals surface area contributed by atoms with Gasteiger partial charge >= 0.3 is 5.69 Å². The van der Waals surface area contributed by atoms with E-state index in [1.807, 2.05) is 7.05 Å². The van der Waals surface area contributed by atoms with E-state index in [2.05, 4.69) is 4.90 Å². The van der Waals surface area contributed by atoms with E-state index < -0.39 is 4.92 Å². The number of hydrogen-bond acceptors (Lipinski definition) is 5. The highest BCUT2D eigenvalue weighted by atomic mass is 16.6. The lowest BCUT2D eigenvalue weighted by Crippen LogP contribution is -2.47. The van der Waals surface area contributed by atoms with Gasteiger partial charge in [-0.3, -0.25) is 14.9 Å². The fourth-order valence-electron chi connectivity index (χ4n) is 2.60. The number of carbonyl (C=O) groups excluding carboxylic acids is 1. The van der Waals surface area contributed by atoms with Gasteiger partial charge in [0.2, 0.25) is 0 Å². The Morgan fingerprint density at radius 2 is 2.00 bits per heavy atom. The Bertz CT molecular complexity index is 607. The number of hydrogen-bond donors (Lipinski definition) is 0. The van der Waals surface area contributed by atoms with Crippen LogP contribution in [-0.2, 0) is 0 Å². The van der Waals surface area contributed by atoms with Crippen LogP contribution in [0.4, 0.5) is 5.69 Å². The maximum absolute atomic E-state index is 12.6. The van der Waals surface area contributed by atoms with Gasteiger partial charge in [-0.1, -0.05) is 0 Å². The Kier molecular flexibility index (Phi) is 4.47. The highest BCUT2D eigenvalue weighted by Crippen LogP contribution is 2.33. The molecule has 7 nitrogen and oxygen atoms in total. The molecule has 124 valence electrons. The molecular formula is C16H21N3O4. The average molecular weight is 319 g/mol. The molecule has 1 saturated heterocycles. The third-order valence-electron chi connectivity index (χ3n) is 4.37. The molecule has 1 heterocycles. The Morgan fingerprint density at radius 1 is 1.30 bits per heavy atom. The minimum Gasteiger partial charge on any atom is -0.487 e. The summed E-state index contributed by atoms with van der Waals surface area (Å²) in [6.07, 6.45) is 2.21. The molecule has 0 unspecified atom stereocenters. The highest BCUT2D eigenvalue weighted by molar-refractivity contribution is 5.95. The van der Waals surface area contributed by atoms with E-state index in [0.29, 0.717) is 31.2 Å². The van der Waals surface area contributed by atoms with Crippen molar-refractivity contribution in [3.8, 4) is 5.75 Å². The van der Waals surface area contributed by atoms with Gasteiger partial charge < -0.3 is 14.5 Å². The normalized spacial score (nSPS) is 18.7. The minimum absolute atomic E-state index is 0.0828. The van der Waals surface area contributed by atoms with Crippen LogP contribution in [0, 0.1) is 16.0 Å². The molecular weight excluding hydrogens is 298 g/mol. The Morgan fingerprint density at radius 3 is 2.61 bits per heavy atom. The monoisotopic (exact) mass is 319 g/mol. The fraction of sp³-hybridized carbons (Fsp3) is 0.562. The smallest absolute Gasteiger partial charge is 0.310 e. The van der Waals surface area contributed by atoms with Gasteiger partial charge in [0, 0.05) is 43.9 Å². The van der Waals surface area contributed by atoms with Gasteiger partial charge in [-0.25, -0.2) is 0 Å². The second-order valence-electron chi connectivity index (χ2n) is 6.29. The topological polar surface area (TPSA) is 75.9 Å². The van der Waals surface area contributed by atoms with Crippen LogP contribution in [0.3, 0.4) is 0 Å². The van der Waals surface area contributed by atoms with Crippen LogP contribution in [0.2, 0.25) is 0 Å². The summed E-state index contributed by atoms with van der Waals surface area (Å²) >= 11 is 0. The first kappa shape index (κ1) is 15.7. The standard InChI is InChI=1S/C16H21N3O4/c1-17-6-8-18(9-7-17)16(20)13-4-5-14(19(21)22)15(10-13)23-11-12-2-3-12/h4-5,10,12H,2-3,6-9,11H2,1H3. The summed E-state index contributed by atoms with van der Waals surface area (Å²) in [5.41, 5.74) is 0.367. The second-order valence-corrected chi connectivity index (χ2v) is 6.29. The van der Waals surface area contributed by atoms with Gasteiger partial charge in [0.1, 0.15) is 0 Å². The number of nitro groups is 1. The quantitative estimate of drug-likeness (QED) is 0.611. The molecule has 1 aromatic carbocycles. The molecule has 0 spiro atoms. The van der Waals surface area contributed by atoms with E-state index in [4.69, 9.17) is 4.74 Å². The number of ether oxygens (including phenoxy) is 1. The minimum atomic E-state index is -0.466. The Hall–Kier alpha value is -2.15. The Balaban J connectivity index is 1.76. The molecule has 0 aromatic heterocycles. The first-order valence-corrected chi connectivity index (χ1v) is 7.93. The molecule has 1 amide bonds. The van der Waals surface area contributed by atoms with Gasteiger partial charge in [-0.2, -0.15) is 0 Å². The summed E-state index contributed by atoms with van der Waals surface area (Å²) in [7, 11) is 2.03. The first-order chi connectivity index (χ1) is 11.0. The van der Waals surface area contributed by atoms with Crippen LogP contribution in [0.1, 0.15) is 23.2 Å². The molecule has 0 radical (unpaired) electrons. The summed E-state index contributed by atoms with van der Waals surface area (Å²) in [5, 5.41) is 11.1. The number of nitrogens with zero attached hydrogens (tertiary/aromatic N) is 3. The van der Waals surface area contributed by atoms with Crippen molar-refractivity contribution in [2.45, 2.75) is 12.8 Å². The van der Waals surface area contributed by atoms with E-state index in [1.165, 1.54) is 18.2 Å². The zero-order chi connectivity index (χ0) is 16.4. The van der Waals surface area contributed by atoms with Crippen LogP contribution >= 0.6 is 0 Å². The molecule has 3 rings (SSSR count). The second kappa shape index (κ2) is 6.54. The molecule has 0 bridgehead atoms. The van der Waals surface area contributed by atoms with Crippen molar-refractivity contribution in [2.24, 2.45) is 5.92 Å². The lowest BCUT2D eigenvalue weighted by Gasteiger charge is -2.32. The number of piperazine rings is 1. The summed E-state index contributed by atoms with van der Waals surface area (Å²) in [6.45, 7) is 3.50. The number of benzene rings is 1. The van der Waals surface area contributed by atoms with Crippen molar-refractivity contribution in [3.63, 3.8) is 0 Å². The Labute approximate surface area is 135 Å². The SMILES string of the molecule is CN1CCN(C(=O)c2ccc([N+](=O)[O-])c(OCC3CC3)c2)CC1. The van der Waals surface area contributed by atoms with Crippen molar-refractivity contribution >= 4 is 11.6 Å². The maximum atomic E-state index is 12.6. The van der Waals surface area contributed by atoms with Crippen LogP contribution < -0.4 is 4.74 Å². The molecule has 7 heteroatoms. The molecule has 1 aliphatic heterocycles. The van der Waals surface area contributed by atoms with Crippen molar-refractivity contribution < 1.29 is 14.5 Å². The number of amides is 1. The van der Waals surface area contributed by atoms with Crippen LogP contribution in [0.5, 0.6) is 5.75 Å². The van der Waals surface area contributed by atoms with Crippen molar-refractivity contribution in [2.75, 3.05) is 39.8 Å². The van der Waals surface area contributed by atoms with Crippen molar-refractivity contribution in [3.05, 3.63) is 33.9 Å². The van der Waals surface area contributed by atoms with E-state index >= 15 is 0 Å². The zero-order valence-corrected chi connectivity index (χ0v) is 13.2. The first-order valence-electron chi connectivity index (χ1n) is 7.93. The predicted molar refractivity (Wildman–Crippen MR) is 84.7 cm³/mol. The van der Waals surface area contributed by atoms with Gasteiger partial charge in [-0.05, 0) is 31.9 Å². The molecule has 2 aliphatic rings. The van der Waals surface area contributed by atoms with Crippen molar-refractivity contribution in [1.29, 1.82) is 0 Å².